The minimum absolute atomic E-state index is 0.00944. The Kier molecular flexibility index (Phi) is 3.90. The minimum atomic E-state index is -0.504. The predicted octanol–water partition coefficient (Wildman–Crippen LogP) is 3.30. The largest absolute Gasteiger partial charge is 0.324 e. The fourth-order valence-electron chi connectivity index (χ4n) is 2.53. The normalized spacial score (nSPS) is 17.1. The summed E-state index contributed by atoms with van der Waals surface area (Å²) < 4.78 is 13.1. The van der Waals surface area contributed by atoms with Gasteiger partial charge < -0.3 is 10.6 Å². The van der Waals surface area contributed by atoms with Crippen LogP contribution in [0.25, 0.3) is 0 Å². The fraction of sp³-hybridized carbons (Fsp3) is 0.188. The molecule has 0 aromatic heterocycles. The molecule has 1 unspecified atom stereocenters. The molecular formula is C16H14ClFN2O. The van der Waals surface area contributed by atoms with E-state index in [1.165, 1.54) is 23.8 Å². The number of hydrogen-bond donors (Lipinski definition) is 2. The lowest BCUT2D eigenvalue weighted by atomic mass is 9.94. The lowest BCUT2D eigenvalue weighted by Crippen LogP contribution is -2.38. The van der Waals surface area contributed by atoms with Gasteiger partial charge in [0.1, 0.15) is 11.9 Å². The molecule has 0 fully saturated rings. The smallest absolute Gasteiger partial charge is 0.246 e. The summed E-state index contributed by atoms with van der Waals surface area (Å²) in [7, 11) is 0. The molecule has 108 valence electrons. The van der Waals surface area contributed by atoms with E-state index >= 15 is 0 Å². The van der Waals surface area contributed by atoms with E-state index in [0.717, 1.165) is 18.5 Å². The first-order valence-electron chi connectivity index (χ1n) is 6.72. The van der Waals surface area contributed by atoms with E-state index in [4.69, 9.17) is 11.6 Å². The van der Waals surface area contributed by atoms with Crippen LogP contribution in [0.3, 0.4) is 0 Å². The van der Waals surface area contributed by atoms with Crippen LogP contribution < -0.4 is 10.6 Å². The summed E-state index contributed by atoms with van der Waals surface area (Å²) in [4.78, 5) is 12.4. The standard InChI is InChI=1S/C16H14ClFN2O/c17-13-9-11(5-6-14(13)18)20-16(21)15-12-4-2-1-3-10(12)7-8-19-15/h1-6,9,15,19H,7-8H2,(H,20,21). The Morgan fingerprint density at radius 1 is 1.29 bits per heavy atom. The van der Waals surface area contributed by atoms with Gasteiger partial charge in [-0.15, -0.1) is 0 Å². The Labute approximate surface area is 127 Å². The number of nitrogens with one attached hydrogen (secondary N) is 2. The lowest BCUT2D eigenvalue weighted by molar-refractivity contribution is -0.118. The molecule has 21 heavy (non-hydrogen) atoms. The SMILES string of the molecule is O=C(Nc1ccc(F)c(Cl)c1)C1NCCc2ccccc21. The molecule has 1 amide bonds. The maximum Gasteiger partial charge on any atom is 0.246 e. The van der Waals surface area contributed by atoms with Crippen LogP contribution in [0.4, 0.5) is 10.1 Å². The van der Waals surface area contributed by atoms with Crippen molar-refractivity contribution in [3.05, 3.63) is 64.4 Å². The van der Waals surface area contributed by atoms with Gasteiger partial charge in [0.15, 0.2) is 0 Å². The number of amides is 1. The zero-order chi connectivity index (χ0) is 14.8. The number of halogens is 2. The van der Waals surface area contributed by atoms with Crippen molar-refractivity contribution in [2.45, 2.75) is 12.5 Å². The number of carbonyl (C=O) groups excluding carboxylic acids is 1. The minimum Gasteiger partial charge on any atom is -0.324 e. The van der Waals surface area contributed by atoms with Crippen LogP contribution in [-0.2, 0) is 11.2 Å². The molecule has 2 N–H and O–H groups in total. The van der Waals surface area contributed by atoms with Crippen LogP contribution in [0.5, 0.6) is 0 Å². The monoisotopic (exact) mass is 304 g/mol. The zero-order valence-corrected chi connectivity index (χ0v) is 12.0. The van der Waals surface area contributed by atoms with Crippen molar-refractivity contribution in [2.24, 2.45) is 0 Å². The van der Waals surface area contributed by atoms with Crippen LogP contribution in [-0.4, -0.2) is 12.5 Å². The Balaban J connectivity index is 1.81. The summed E-state index contributed by atoms with van der Waals surface area (Å²) in [5.41, 5.74) is 2.64. The first-order valence-corrected chi connectivity index (χ1v) is 7.10. The lowest BCUT2D eigenvalue weighted by Gasteiger charge is -2.26. The third kappa shape index (κ3) is 2.91. The number of anilines is 1. The van der Waals surface area contributed by atoms with Gasteiger partial charge in [-0.25, -0.2) is 4.39 Å². The van der Waals surface area contributed by atoms with Gasteiger partial charge in [-0.05, 0) is 35.7 Å². The number of benzene rings is 2. The molecule has 0 radical (unpaired) electrons. The first-order chi connectivity index (χ1) is 10.1. The maximum atomic E-state index is 13.1. The molecule has 2 aromatic carbocycles. The molecule has 0 aliphatic carbocycles. The summed E-state index contributed by atoms with van der Waals surface area (Å²) in [6, 6.07) is 11.6. The van der Waals surface area contributed by atoms with Crippen LogP contribution in [0, 0.1) is 5.82 Å². The molecule has 3 nitrogen and oxygen atoms in total. The molecule has 5 heteroatoms. The molecule has 0 bridgehead atoms. The molecular weight excluding hydrogens is 291 g/mol. The molecule has 2 aromatic rings. The Bertz CT molecular complexity index is 690. The van der Waals surface area contributed by atoms with Gasteiger partial charge in [0.05, 0.1) is 5.02 Å². The number of rotatable bonds is 2. The highest BCUT2D eigenvalue weighted by molar-refractivity contribution is 6.31. The van der Waals surface area contributed by atoms with Crippen LogP contribution in [0.15, 0.2) is 42.5 Å². The summed E-state index contributed by atoms with van der Waals surface area (Å²) in [6.45, 7) is 0.749. The van der Waals surface area contributed by atoms with Crippen molar-refractivity contribution >= 4 is 23.2 Å². The average molecular weight is 305 g/mol. The molecule has 1 aliphatic rings. The zero-order valence-electron chi connectivity index (χ0n) is 11.2. The number of fused-ring (bicyclic) bond motifs is 1. The van der Waals surface area contributed by atoms with E-state index in [9.17, 15) is 9.18 Å². The molecule has 0 saturated heterocycles. The predicted molar refractivity (Wildman–Crippen MR) is 80.9 cm³/mol. The second-order valence-electron chi connectivity index (χ2n) is 4.95. The van der Waals surface area contributed by atoms with E-state index in [0.29, 0.717) is 5.69 Å². The van der Waals surface area contributed by atoms with Gasteiger partial charge in [0.25, 0.3) is 0 Å². The van der Waals surface area contributed by atoms with Crippen LogP contribution in [0.1, 0.15) is 17.2 Å². The van der Waals surface area contributed by atoms with E-state index in [2.05, 4.69) is 10.6 Å². The Hall–Kier alpha value is -1.91. The van der Waals surface area contributed by atoms with Crippen molar-refractivity contribution in [1.29, 1.82) is 0 Å². The van der Waals surface area contributed by atoms with Gasteiger partial charge in [-0.3, -0.25) is 4.79 Å². The molecule has 0 saturated carbocycles. The highest BCUT2D eigenvalue weighted by Crippen LogP contribution is 2.25. The van der Waals surface area contributed by atoms with Crippen LogP contribution in [0.2, 0.25) is 5.02 Å². The highest BCUT2D eigenvalue weighted by atomic mass is 35.5. The van der Waals surface area contributed by atoms with Crippen LogP contribution >= 0.6 is 11.6 Å². The summed E-state index contributed by atoms with van der Waals surface area (Å²) >= 11 is 5.72. The second-order valence-corrected chi connectivity index (χ2v) is 5.36. The van der Waals surface area contributed by atoms with Gasteiger partial charge in [0.2, 0.25) is 5.91 Å². The summed E-state index contributed by atoms with van der Waals surface area (Å²) in [5, 5.41) is 5.96. The van der Waals surface area contributed by atoms with Crippen molar-refractivity contribution in [1.82, 2.24) is 5.32 Å². The molecule has 1 aliphatic heterocycles. The van der Waals surface area contributed by atoms with Crippen molar-refractivity contribution in [3.63, 3.8) is 0 Å². The molecule has 1 heterocycles. The third-order valence-corrected chi connectivity index (χ3v) is 3.85. The average Bonchev–Trinajstić information content (AvgIpc) is 2.50. The Morgan fingerprint density at radius 2 is 2.10 bits per heavy atom. The highest BCUT2D eigenvalue weighted by Gasteiger charge is 2.25. The van der Waals surface area contributed by atoms with E-state index in [1.807, 2.05) is 24.3 Å². The maximum absolute atomic E-state index is 13.1. The van der Waals surface area contributed by atoms with Gasteiger partial charge in [0, 0.05) is 12.2 Å². The summed E-state index contributed by atoms with van der Waals surface area (Å²) in [6.07, 6.45) is 0.905. The Morgan fingerprint density at radius 3 is 2.90 bits per heavy atom. The van der Waals surface area contributed by atoms with Crippen molar-refractivity contribution in [3.8, 4) is 0 Å². The van der Waals surface area contributed by atoms with E-state index in [1.54, 1.807) is 0 Å². The number of carbonyl (C=O) groups is 1. The number of hydrogen-bond acceptors (Lipinski definition) is 2. The first kappa shape index (κ1) is 14.0. The third-order valence-electron chi connectivity index (χ3n) is 3.56. The molecule has 1 atom stereocenters. The van der Waals surface area contributed by atoms with Crippen molar-refractivity contribution < 1.29 is 9.18 Å². The van der Waals surface area contributed by atoms with E-state index < -0.39 is 11.9 Å². The molecule has 3 rings (SSSR count). The van der Waals surface area contributed by atoms with Gasteiger partial charge >= 0.3 is 0 Å². The van der Waals surface area contributed by atoms with Crippen molar-refractivity contribution in [2.75, 3.05) is 11.9 Å². The fourth-order valence-corrected chi connectivity index (χ4v) is 2.71. The van der Waals surface area contributed by atoms with Gasteiger partial charge in [-0.1, -0.05) is 35.9 Å². The quantitative estimate of drug-likeness (QED) is 0.894. The summed E-state index contributed by atoms with van der Waals surface area (Å²) in [5.74, 6) is -0.680. The van der Waals surface area contributed by atoms with Gasteiger partial charge in [-0.2, -0.15) is 0 Å². The molecule has 0 spiro atoms. The second kappa shape index (κ2) is 5.84. The van der Waals surface area contributed by atoms with E-state index in [-0.39, 0.29) is 10.9 Å². The topological polar surface area (TPSA) is 41.1 Å².